The van der Waals surface area contributed by atoms with Gasteiger partial charge in [-0.15, -0.1) is 0 Å². The van der Waals surface area contributed by atoms with Crippen molar-refractivity contribution in [2.24, 2.45) is 9.98 Å². The minimum atomic E-state index is 0. The Bertz CT molecular complexity index is 986. The Morgan fingerprint density at radius 2 is 0.943 bits per heavy atom. The van der Waals surface area contributed by atoms with Gasteiger partial charge in [-0.3, -0.25) is 9.98 Å². The van der Waals surface area contributed by atoms with Crippen LogP contribution in [0.2, 0.25) is 0 Å². The van der Waals surface area contributed by atoms with Crippen molar-refractivity contribution < 1.29 is 78.1 Å². The number of rotatable bonds is 8. The number of aryl methyl sites for hydroxylation is 5. The van der Waals surface area contributed by atoms with Gasteiger partial charge in [-0.2, -0.15) is 0 Å². The van der Waals surface area contributed by atoms with E-state index in [-0.39, 0.29) is 78.1 Å². The summed E-state index contributed by atoms with van der Waals surface area (Å²) in [6.07, 6.45) is 7.64. The maximum absolute atomic E-state index is 4.84. The van der Waals surface area contributed by atoms with Gasteiger partial charge in [0.2, 0.25) is 0 Å². The average Bonchev–Trinajstić information content (AvgIpc) is 2.80. The molecule has 185 valence electrons. The number of halogens is 3. The Kier molecular flexibility index (Phi) is 19.1. The van der Waals surface area contributed by atoms with Gasteiger partial charge < -0.3 is 37.2 Å². The van der Waals surface area contributed by atoms with Gasteiger partial charge in [0.15, 0.2) is 0 Å². The van der Waals surface area contributed by atoms with Crippen LogP contribution in [0.3, 0.4) is 0 Å². The molecule has 0 saturated heterocycles. The van der Waals surface area contributed by atoms with E-state index in [1.807, 2.05) is 12.4 Å². The number of benzene rings is 2. The molecule has 1 aromatic heterocycles. The molecule has 2 aromatic carbocycles. The van der Waals surface area contributed by atoms with E-state index in [2.05, 4.69) is 83.1 Å². The molecule has 1 heterocycles. The fourth-order valence-corrected chi connectivity index (χ4v) is 3.88. The summed E-state index contributed by atoms with van der Waals surface area (Å²) in [7, 11) is 0. The van der Waals surface area contributed by atoms with E-state index < -0.39 is 0 Å². The molecule has 0 unspecified atom stereocenters. The van der Waals surface area contributed by atoms with E-state index >= 15 is 0 Å². The first-order valence-corrected chi connectivity index (χ1v) is 11.4. The minimum Gasteiger partial charge on any atom is -1.00 e. The van der Waals surface area contributed by atoms with E-state index in [1.54, 1.807) is 0 Å². The summed E-state index contributed by atoms with van der Waals surface area (Å²) in [6.45, 7) is 10.8. The summed E-state index contributed by atoms with van der Waals surface area (Å²) in [5, 5.41) is 0. The quantitative estimate of drug-likeness (QED) is 0.262. The van der Waals surface area contributed by atoms with E-state index in [4.69, 9.17) is 15.0 Å². The molecule has 3 rings (SSSR count). The Balaban J connectivity index is 0. The molecule has 3 aromatic rings. The smallest absolute Gasteiger partial charge is 1.00 e. The summed E-state index contributed by atoms with van der Waals surface area (Å²) in [5.41, 5.74) is 10.1. The number of nitrogens with zero attached hydrogens (tertiary/aromatic N) is 3. The molecule has 0 amide bonds. The van der Waals surface area contributed by atoms with Crippen molar-refractivity contribution >= 4 is 23.8 Å². The maximum Gasteiger partial charge on any atom is 3.00 e. The molecule has 0 aliphatic heterocycles. The summed E-state index contributed by atoms with van der Waals surface area (Å²) in [4.78, 5) is 14.5. The first-order valence-electron chi connectivity index (χ1n) is 11.4. The molecular weight excluding hydrogens is 629 g/mol. The zero-order valence-electron chi connectivity index (χ0n) is 21.1. The molecular formula is C28H33Cl3N3Nd. The first-order chi connectivity index (χ1) is 15.1. The van der Waals surface area contributed by atoms with Gasteiger partial charge in [-0.05, 0) is 72.6 Å². The summed E-state index contributed by atoms with van der Waals surface area (Å²) in [5.74, 6) is 0. The monoisotopic (exact) mass is 658 g/mol. The third-order valence-corrected chi connectivity index (χ3v) is 5.59. The number of hydrogen-bond donors (Lipinski definition) is 0. The number of aliphatic imine (C=N–C) groups is 2. The third kappa shape index (κ3) is 9.85. The largest absolute Gasteiger partial charge is 3.00 e. The maximum atomic E-state index is 4.84. The fourth-order valence-electron chi connectivity index (χ4n) is 3.88. The Morgan fingerprint density at radius 3 is 1.23 bits per heavy atom. The zero-order valence-corrected chi connectivity index (χ0v) is 26.6. The molecule has 1 radical (unpaired) electrons. The van der Waals surface area contributed by atoms with Gasteiger partial charge in [0, 0.05) is 0 Å². The van der Waals surface area contributed by atoms with E-state index in [9.17, 15) is 0 Å². The van der Waals surface area contributed by atoms with Gasteiger partial charge >= 0.3 is 40.8 Å². The molecule has 0 bridgehead atoms. The second kappa shape index (κ2) is 18.4. The fraction of sp³-hybridized carbons (Fsp3) is 0.321. The standard InChI is InChI=1S/C28H33N3.3ClH.Nd/c1-6-21-12-10-13-22(7-2)27(21)29-18-25-16-20(5)17-26(31-25)19-30-28-23(8-3)14-11-15-24(28)9-4;;;;/h10-19H,6-9H2,1-5H3;3*1H;/q;;;;+3/p-3. The molecule has 3 nitrogen and oxygen atoms in total. The average molecular weight is 662 g/mol. The van der Waals surface area contributed by atoms with Crippen LogP contribution < -0.4 is 37.2 Å². The number of pyridine rings is 1. The second-order valence-corrected chi connectivity index (χ2v) is 7.77. The Hall–Kier alpha value is -0.849. The van der Waals surface area contributed by atoms with Gasteiger partial charge in [0.05, 0.1) is 35.2 Å². The van der Waals surface area contributed by atoms with Crippen LogP contribution >= 0.6 is 0 Å². The van der Waals surface area contributed by atoms with Crippen LogP contribution in [0, 0.1) is 47.8 Å². The van der Waals surface area contributed by atoms with Crippen molar-refractivity contribution in [3.8, 4) is 0 Å². The topological polar surface area (TPSA) is 37.6 Å². The molecule has 0 N–H and O–H groups in total. The molecule has 7 heteroatoms. The van der Waals surface area contributed by atoms with Gasteiger partial charge in [-0.1, -0.05) is 64.1 Å². The summed E-state index contributed by atoms with van der Waals surface area (Å²) < 4.78 is 0. The number of para-hydroxylation sites is 2. The van der Waals surface area contributed by atoms with Crippen LogP contribution in [-0.2, 0) is 25.7 Å². The SMILES string of the molecule is CCc1cccc(CC)c1N=Cc1cc(C)cc(C=Nc2c(CC)cccc2CC)n1.[Cl-].[Cl-].[Cl-].[Nd+3]. The molecule has 0 aliphatic carbocycles. The zero-order chi connectivity index (χ0) is 22.2. The van der Waals surface area contributed by atoms with Crippen LogP contribution in [-0.4, -0.2) is 17.4 Å². The van der Waals surface area contributed by atoms with Crippen molar-refractivity contribution in [3.05, 3.63) is 87.7 Å². The molecule has 0 spiro atoms. The minimum absolute atomic E-state index is 0. The molecule has 0 fully saturated rings. The van der Waals surface area contributed by atoms with E-state index in [0.717, 1.165) is 54.0 Å². The van der Waals surface area contributed by atoms with Crippen molar-refractivity contribution in [2.75, 3.05) is 0 Å². The summed E-state index contributed by atoms with van der Waals surface area (Å²) in [6, 6.07) is 17.0. The number of hydrogen-bond acceptors (Lipinski definition) is 3. The van der Waals surface area contributed by atoms with Crippen molar-refractivity contribution in [2.45, 2.75) is 60.3 Å². The predicted molar refractivity (Wildman–Crippen MR) is 134 cm³/mol. The predicted octanol–water partition coefficient (Wildman–Crippen LogP) is -1.85. The molecule has 0 aliphatic rings. The van der Waals surface area contributed by atoms with E-state index in [1.165, 1.54) is 22.3 Å². The van der Waals surface area contributed by atoms with Crippen LogP contribution in [0.15, 0.2) is 58.5 Å². The molecule has 0 saturated carbocycles. The van der Waals surface area contributed by atoms with Crippen LogP contribution in [0.4, 0.5) is 11.4 Å². The molecule has 35 heavy (non-hydrogen) atoms. The van der Waals surface area contributed by atoms with Crippen molar-refractivity contribution in [1.82, 2.24) is 4.98 Å². The molecule has 0 atom stereocenters. The second-order valence-electron chi connectivity index (χ2n) is 7.77. The van der Waals surface area contributed by atoms with Crippen LogP contribution in [0.5, 0.6) is 0 Å². The third-order valence-electron chi connectivity index (χ3n) is 5.59. The Morgan fingerprint density at radius 1 is 0.629 bits per heavy atom. The van der Waals surface area contributed by atoms with Gasteiger partial charge in [-0.25, -0.2) is 4.98 Å². The van der Waals surface area contributed by atoms with Crippen LogP contribution in [0.25, 0.3) is 0 Å². The van der Waals surface area contributed by atoms with Crippen molar-refractivity contribution in [1.29, 1.82) is 0 Å². The van der Waals surface area contributed by atoms with Gasteiger partial charge in [0.1, 0.15) is 0 Å². The Labute approximate surface area is 262 Å². The first kappa shape index (κ1) is 36.3. The summed E-state index contributed by atoms with van der Waals surface area (Å²) >= 11 is 0. The normalized spacial score (nSPS) is 10.3. The van der Waals surface area contributed by atoms with Crippen LogP contribution in [0.1, 0.15) is 66.9 Å². The van der Waals surface area contributed by atoms with Gasteiger partial charge in [0.25, 0.3) is 0 Å². The van der Waals surface area contributed by atoms with E-state index in [0.29, 0.717) is 0 Å². The van der Waals surface area contributed by atoms with Crippen molar-refractivity contribution in [3.63, 3.8) is 0 Å². The number of aromatic nitrogens is 1.